The summed E-state index contributed by atoms with van der Waals surface area (Å²) in [6.45, 7) is 9.45. The molecule has 9 nitrogen and oxygen atoms in total. The van der Waals surface area contributed by atoms with Gasteiger partial charge in [-0.1, -0.05) is 13.8 Å². The topological polar surface area (TPSA) is 98.1 Å². The summed E-state index contributed by atoms with van der Waals surface area (Å²) in [5.41, 5.74) is 2.58. The Balaban J connectivity index is 1.62. The first-order valence-corrected chi connectivity index (χ1v) is 9.43. The number of ether oxygens (including phenoxy) is 1. The molecule has 2 atom stereocenters. The molecule has 9 heteroatoms. The van der Waals surface area contributed by atoms with Gasteiger partial charge in [-0.3, -0.25) is 9.48 Å². The van der Waals surface area contributed by atoms with Crippen molar-refractivity contribution in [1.29, 1.82) is 0 Å². The van der Waals surface area contributed by atoms with E-state index in [1.807, 2.05) is 32.6 Å². The van der Waals surface area contributed by atoms with Gasteiger partial charge in [-0.25, -0.2) is 4.98 Å². The van der Waals surface area contributed by atoms with Crippen LogP contribution in [-0.2, 0) is 28.9 Å². The van der Waals surface area contributed by atoms with E-state index in [4.69, 9.17) is 4.74 Å². The fourth-order valence-electron chi connectivity index (χ4n) is 3.25. The summed E-state index contributed by atoms with van der Waals surface area (Å²) >= 11 is 0. The Morgan fingerprint density at radius 2 is 1.89 bits per heavy atom. The molecule has 0 radical (unpaired) electrons. The van der Waals surface area contributed by atoms with Crippen molar-refractivity contribution < 1.29 is 9.53 Å². The molecule has 1 amide bonds. The number of nitrogens with one attached hydrogen (secondary N) is 1. The van der Waals surface area contributed by atoms with Gasteiger partial charge in [0.2, 0.25) is 11.9 Å². The third-order valence-corrected chi connectivity index (χ3v) is 4.47. The molecule has 2 aromatic heterocycles. The number of morpholine rings is 1. The van der Waals surface area contributed by atoms with Crippen molar-refractivity contribution in [2.75, 3.05) is 18.4 Å². The number of anilines is 2. The average molecular weight is 373 g/mol. The van der Waals surface area contributed by atoms with Crippen molar-refractivity contribution in [3.8, 4) is 0 Å². The Morgan fingerprint density at radius 3 is 2.56 bits per heavy atom. The van der Waals surface area contributed by atoms with Gasteiger partial charge in [0.05, 0.1) is 35.5 Å². The minimum Gasteiger partial charge on any atom is -0.372 e. The van der Waals surface area contributed by atoms with Crippen LogP contribution in [0.4, 0.5) is 11.6 Å². The molecule has 1 aliphatic rings. The molecule has 3 rings (SSSR count). The van der Waals surface area contributed by atoms with Crippen molar-refractivity contribution in [1.82, 2.24) is 29.9 Å². The molecule has 2 aromatic rings. The first-order chi connectivity index (χ1) is 13.0. The van der Waals surface area contributed by atoms with E-state index in [0.29, 0.717) is 19.0 Å². The summed E-state index contributed by atoms with van der Waals surface area (Å²) in [5.74, 6) is 0.468. The van der Waals surface area contributed by atoms with Crippen LogP contribution in [0.1, 0.15) is 39.1 Å². The van der Waals surface area contributed by atoms with E-state index < -0.39 is 0 Å². The predicted molar refractivity (Wildman–Crippen MR) is 101 cm³/mol. The molecule has 0 aromatic carbocycles. The zero-order valence-corrected chi connectivity index (χ0v) is 16.3. The SMILES string of the molecule is CCc1nnc(Nc2cnn(CC(=O)N3CC(C)OC(C)C3)c2)nc1CC. The van der Waals surface area contributed by atoms with E-state index in [0.717, 1.165) is 29.9 Å². The summed E-state index contributed by atoms with van der Waals surface area (Å²) in [6.07, 6.45) is 5.14. The number of rotatable bonds is 6. The summed E-state index contributed by atoms with van der Waals surface area (Å²) in [5, 5.41) is 15.7. The number of hydrogen-bond donors (Lipinski definition) is 1. The van der Waals surface area contributed by atoms with Crippen molar-refractivity contribution in [3.05, 3.63) is 23.8 Å². The second-order valence-electron chi connectivity index (χ2n) is 6.84. The van der Waals surface area contributed by atoms with Crippen molar-refractivity contribution in [2.45, 2.75) is 59.3 Å². The normalized spacial score (nSPS) is 19.9. The third kappa shape index (κ3) is 4.79. The van der Waals surface area contributed by atoms with Gasteiger partial charge in [-0.2, -0.15) is 5.10 Å². The number of carbonyl (C=O) groups excluding carboxylic acids is 1. The smallest absolute Gasteiger partial charge is 0.247 e. The Labute approximate surface area is 159 Å². The van der Waals surface area contributed by atoms with E-state index >= 15 is 0 Å². The van der Waals surface area contributed by atoms with Gasteiger partial charge in [0.25, 0.3) is 0 Å². The van der Waals surface area contributed by atoms with Crippen LogP contribution in [0.3, 0.4) is 0 Å². The summed E-state index contributed by atoms with van der Waals surface area (Å²) < 4.78 is 7.29. The van der Waals surface area contributed by atoms with E-state index in [2.05, 4.69) is 25.6 Å². The quantitative estimate of drug-likeness (QED) is 0.821. The third-order valence-electron chi connectivity index (χ3n) is 4.47. The largest absolute Gasteiger partial charge is 0.372 e. The van der Waals surface area contributed by atoms with Gasteiger partial charge >= 0.3 is 0 Å². The predicted octanol–water partition coefficient (Wildman–Crippen LogP) is 1.57. The van der Waals surface area contributed by atoms with Gasteiger partial charge in [0.15, 0.2) is 0 Å². The Bertz CT molecular complexity index is 782. The average Bonchev–Trinajstić information content (AvgIpc) is 3.07. The molecule has 1 fully saturated rings. The number of aryl methyl sites for hydroxylation is 2. The van der Waals surface area contributed by atoms with E-state index in [1.165, 1.54) is 0 Å². The lowest BCUT2D eigenvalue weighted by Crippen LogP contribution is -2.49. The molecule has 1 aliphatic heterocycles. The summed E-state index contributed by atoms with van der Waals surface area (Å²) in [7, 11) is 0. The maximum absolute atomic E-state index is 12.5. The number of nitrogens with zero attached hydrogens (tertiary/aromatic N) is 6. The second kappa shape index (κ2) is 8.43. The Kier molecular flexibility index (Phi) is 6.00. The van der Waals surface area contributed by atoms with Crippen LogP contribution < -0.4 is 5.32 Å². The van der Waals surface area contributed by atoms with Gasteiger partial charge in [-0.05, 0) is 26.7 Å². The van der Waals surface area contributed by atoms with E-state index in [1.54, 1.807) is 17.1 Å². The summed E-state index contributed by atoms with van der Waals surface area (Å²) in [4.78, 5) is 18.9. The van der Waals surface area contributed by atoms with Crippen molar-refractivity contribution >= 4 is 17.5 Å². The lowest BCUT2D eigenvalue weighted by Gasteiger charge is -2.35. The molecule has 27 heavy (non-hydrogen) atoms. The molecule has 1 saturated heterocycles. The maximum atomic E-state index is 12.5. The molecule has 2 unspecified atom stereocenters. The molecule has 1 N–H and O–H groups in total. The van der Waals surface area contributed by atoms with Crippen LogP contribution in [0.15, 0.2) is 12.4 Å². The number of carbonyl (C=O) groups is 1. The molecule has 0 saturated carbocycles. The molecule has 0 aliphatic carbocycles. The lowest BCUT2D eigenvalue weighted by molar-refractivity contribution is -0.144. The van der Waals surface area contributed by atoms with Crippen LogP contribution in [0, 0.1) is 0 Å². The highest BCUT2D eigenvalue weighted by Crippen LogP contribution is 2.15. The fraction of sp³-hybridized carbons (Fsp3) is 0.611. The second-order valence-corrected chi connectivity index (χ2v) is 6.84. The minimum atomic E-state index is 0.0325. The number of aromatic nitrogens is 5. The van der Waals surface area contributed by atoms with Crippen LogP contribution in [-0.4, -0.2) is 61.1 Å². The number of hydrogen-bond acceptors (Lipinski definition) is 7. The van der Waals surface area contributed by atoms with Gasteiger partial charge < -0.3 is 15.0 Å². The molecular formula is C18H27N7O2. The fourth-order valence-corrected chi connectivity index (χ4v) is 3.25. The van der Waals surface area contributed by atoms with Gasteiger partial charge in [0, 0.05) is 19.3 Å². The lowest BCUT2D eigenvalue weighted by atomic mass is 10.2. The van der Waals surface area contributed by atoms with Crippen LogP contribution in [0.25, 0.3) is 0 Å². The Hall–Kier alpha value is -2.55. The first kappa shape index (κ1) is 19.2. The zero-order valence-electron chi connectivity index (χ0n) is 16.3. The number of amides is 1. The maximum Gasteiger partial charge on any atom is 0.247 e. The highest BCUT2D eigenvalue weighted by Gasteiger charge is 2.26. The summed E-state index contributed by atoms with van der Waals surface area (Å²) in [6, 6.07) is 0. The molecule has 0 bridgehead atoms. The Morgan fingerprint density at radius 1 is 1.19 bits per heavy atom. The van der Waals surface area contributed by atoms with Crippen molar-refractivity contribution in [3.63, 3.8) is 0 Å². The molecule has 0 spiro atoms. The van der Waals surface area contributed by atoms with Gasteiger partial charge in [0.1, 0.15) is 6.54 Å². The molecule has 3 heterocycles. The van der Waals surface area contributed by atoms with E-state index in [9.17, 15) is 4.79 Å². The minimum absolute atomic E-state index is 0.0325. The molecular weight excluding hydrogens is 346 g/mol. The standard InChI is InChI=1S/C18H27N7O2/c1-5-15-16(6-2)22-23-18(21-15)20-14-7-19-25(10-14)11-17(26)24-8-12(3)27-13(4)9-24/h7,10,12-13H,5-6,8-9,11H2,1-4H3,(H,20,21,23). The molecule has 146 valence electrons. The van der Waals surface area contributed by atoms with Crippen molar-refractivity contribution in [2.24, 2.45) is 0 Å². The van der Waals surface area contributed by atoms with Gasteiger partial charge in [-0.15, -0.1) is 10.2 Å². The monoisotopic (exact) mass is 373 g/mol. The van der Waals surface area contributed by atoms with E-state index in [-0.39, 0.29) is 24.7 Å². The van der Waals surface area contributed by atoms with Crippen LogP contribution in [0.5, 0.6) is 0 Å². The van der Waals surface area contributed by atoms with Crippen LogP contribution in [0.2, 0.25) is 0 Å². The first-order valence-electron chi connectivity index (χ1n) is 9.43. The van der Waals surface area contributed by atoms with Crippen LogP contribution >= 0.6 is 0 Å². The highest BCUT2D eigenvalue weighted by atomic mass is 16.5. The zero-order chi connectivity index (χ0) is 19.4. The highest BCUT2D eigenvalue weighted by molar-refractivity contribution is 5.76.